The Bertz CT molecular complexity index is 249. The Balaban J connectivity index is 2.59. The van der Waals surface area contributed by atoms with Gasteiger partial charge in [0.15, 0.2) is 11.4 Å². The Hall–Kier alpha value is -0.730. The number of aliphatic imine (C=N–C) groups is 1. The Morgan fingerprint density at radius 3 is 3.07 bits per heavy atom. The third-order valence-electron chi connectivity index (χ3n) is 2.49. The van der Waals surface area contributed by atoms with Crippen LogP contribution in [0.25, 0.3) is 0 Å². The molecule has 1 aliphatic carbocycles. The molecule has 2 unspecified atom stereocenters. The van der Waals surface area contributed by atoms with Gasteiger partial charge in [0.05, 0.1) is 6.04 Å². The molecule has 78 valence electrons. The maximum atomic E-state index is 9.09. The summed E-state index contributed by atoms with van der Waals surface area (Å²) in [6.45, 7) is 0.197. The number of aliphatic hydroxyl groups excluding tert-OH is 1. The lowest BCUT2D eigenvalue weighted by Crippen LogP contribution is -2.21. The minimum Gasteiger partial charge on any atom is -0.396 e. The van der Waals surface area contributed by atoms with Gasteiger partial charge in [0.1, 0.15) is 0 Å². The predicted octanol–water partition coefficient (Wildman–Crippen LogP) is 0.937. The van der Waals surface area contributed by atoms with Crippen molar-refractivity contribution >= 4 is 16.9 Å². The molecule has 0 spiro atoms. The van der Waals surface area contributed by atoms with Crippen LogP contribution in [0, 0.1) is 17.4 Å². The second-order valence-electron chi connectivity index (χ2n) is 3.32. The molecule has 2 N–H and O–H groups in total. The van der Waals surface area contributed by atoms with E-state index in [4.69, 9.17) is 10.4 Å². The minimum atomic E-state index is 0.184. The summed E-state index contributed by atoms with van der Waals surface area (Å²) in [5, 5.41) is 20.7. The first kappa shape index (κ1) is 11.3. The van der Waals surface area contributed by atoms with E-state index in [1.54, 1.807) is 0 Å². The van der Waals surface area contributed by atoms with E-state index < -0.39 is 0 Å². The van der Waals surface area contributed by atoms with E-state index in [1.807, 2.05) is 12.4 Å². The van der Waals surface area contributed by atoms with Gasteiger partial charge in [-0.2, -0.15) is 5.26 Å². The molecule has 0 amide bonds. The van der Waals surface area contributed by atoms with Crippen molar-refractivity contribution in [3.05, 3.63) is 0 Å². The molecule has 1 rings (SSSR count). The third-order valence-corrected chi connectivity index (χ3v) is 3.09. The molecule has 0 aromatic heterocycles. The van der Waals surface area contributed by atoms with Crippen molar-refractivity contribution in [3.8, 4) is 6.19 Å². The lowest BCUT2D eigenvalue weighted by molar-refractivity contribution is 0.219. The molecular formula is C9H15N3OS. The summed E-state index contributed by atoms with van der Waals surface area (Å²) < 4.78 is 0. The Kier molecular flexibility index (Phi) is 4.77. The Morgan fingerprint density at radius 1 is 1.71 bits per heavy atom. The molecule has 0 heterocycles. The van der Waals surface area contributed by atoms with Gasteiger partial charge in [-0.25, -0.2) is 0 Å². The van der Waals surface area contributed by atoms with Gasteiger partial charge in [0.25, 0.3) is 0 Å². The van der Waals surface area contributed by atoms with Crippen molar-refractivity contribution in [2.75, 3.05) is 12.9 Å². The number of nitriles is 1. The quantitative estimate of drug-likeness (QED) is 0.310. The Labute approximate surface area is 88.4 Å². The zero-order valence-electron chi connectivity index (χ0n) is 8.23. The number of hydrogen-bond acceptors (Lipinski definition) is 4. The van der Waals surface area contributed by atoms with Crippen LogP contribution in [0.15, 0.2) is 4.99 Å². The van der Waals surface area contributed by atoms with Crippen LogP contribution >= 0.6 is 11.8 Å². The predicted molar refractivity (Wildman–Crippen MR) is 57.9 cm³/mol. The molecule has 4 nitrogen and oxygen atoms in total. The van der Waals surface area contributed by atoms with E-state index in [1.165, 1.54) is 11.8 Å². The van der Waals surface area contributed by atoms with E-state index in [-0.39, 0.29) is 18.6 Å². The van der Waals surface area contributed by atoms with Crippen LogP contribution in [0.1, 0.15) is 19.3 Å². The normalized spacial score (nSPS) is 27.4. The van der Waals surface area contributed by atoms with Crippen LogP contribution in [-0.4, -0.2) is 29.2 Å². The van der Waals surface area contributed by atoms with Crippen LogP contribution in [-0.2, 0) is 0 Å². The molecule has 2 atom stereocenters. The highest BCUT2D eigenvalue weighted by molar-refractivity contribution is 8.13. The SMILES string of the molecule is CSC(=NC1CCCC1CO)NC#N. The fourth-order valence-corrected chi connectivity index (χ4v) is 2.12. The molecular weight excluding hydrogens is 198 g/mol. The van der Waals surface area contributed by atoms with Gasteiger partial charge in [-0.1, -0.05) is 18.2 Å². The summed E-state index contributed by atoms with van der Waals surface area (Å²) >= 11 is 1.43. The van der Waals surface area contributed by atoms with Crippen LogP contribution in [0.5, 0.6) is 0 Å². The average molecular weight is 213 g/mol. The molecule has 0 aliphatic heterocycles. The maximum absolute atomic E-state index is 9.09. The first-order chi connectivity index (χ1) is 6.81. The van der Waals surface area contributed by atoms with E-state index in [2.05, 4.69) is 10.3 Å². The number of hydrogen-bond donors (Lipinski definition) is 2. The molecule has 0 radical (unpaired) electrons. The van der Waals surface area contributed by atoms with Crippen molar-refractivity contribution in [3.63, 3.8) is 0 Å². The summed E-state index contributed by atoms with van der Waals surface area (Å²) in [6, 6.07) is 0.184. The van der Waals surface area contributed by atoms with Crippen molar-refractivity contribution in [1.29, 1.82) is 5.26 Å². The summed E-state index contributed by atoms with van der Waals surface area (Å²) in [6.07, 6.45) is 6.92. The highest BCUT2D eigenvalue weighted by Gasteiger charge is 2.26. The molecule has 0 bridgehead atoms. The fraction of sp³-hybridized carbons (Fsp3) is 0.778. The van der Waals surface area contributed by atoms with E-state index in [9.17, 15) is 0 Å². The first-order valence-corrected chi connectivity index (χ1v) is 5.92. The number of nitrogens with one attached hydrogen (secondary N) is 1. The van der Waals surface area contributed by atoms with Crippen LogP contribution in [0.2, 0.25) is 0 Å². The van der Waals surface area contributed by atoms with E-state index >= 15 is 0 Å². The number of aliphatic hydroxyl groups is 1. The van der Waals surface area contributed by atoms with Gasteiger partial charge in [-0.3, -0.25) is 10.3 Å². The largest absolute Gasteiger partial charge is 0.396 e. The number of nitrogens with zero attached hydrogens (tertiary/aromatic N) is 2. The summed E-state index contributed by atoms with van der Waals surface area (Å²) in [5.74, 6) is 0.276. The average Bonchev–Trinajstić information content (AvgIpc) is 2.64. The fourth-order valence-electron chi connectivity index (χ4n) is 1.73. The first-order valence-electron chi connectivity index (χ1n) is 4.69. The van der Waals surface area contributed by atoms with Crippen molar-refractivity contribution < 1.29 is 5.11 Å². The van der Waals surface area contributed by atoms with Crippen molar-refractivity contribution in [2.45, 2.75) is 25.3 Å². The summed E-state index contributed by atoms with van der Waals surface area (Å²) in [7, 11) is 0. The maximum Gasteiger partial charge on any atom is 0.183 e. The lowest BCUT2D eigenvalue weighted by Gasteiger charge is -2.13. The highest BCUT2D eigenvalue weighted by atomic mass is 32.2. The van der Waals surface area contributed by atoms with Crippen LogP contribution in [0.4, 0.5) is 0 Å². The van der Waals surface area contributed by atoms with Gasteiger partial charge in [0.2, 0.25) is 0 Å². The monoisotopic (exact) mass is 213 g/mol. The van der Waals surface area contributed by atoms with Crippen molar-refractivity contribution in [2.24, 2.45) is 10.9 Å². The molecule has 14 heavy (non-hydrogen) atoms. The second-order valence-corrected chi connectivity index (χ2v) is 4.11. The highest BCUT2D eigenvalue weighted by Crippen LogP contribution is 2.28. The molecule has 1 fully saturated rings. The molecule has 1 aliphatic rings. The lowest BCUT2D eigenvalue weighted by atomic mass is 10.1. The topological polar surface area (TPSA) is 68.4 Å². The van der Waals surface area contributed by atoms with E-state index in [0.717, 1.165) is 19.3 Å². The third kappa shape index (κ3) is 2.89. The molecule has 5 heteroatoms. The van der Waals surface area contributed by atoms with Crippen molar-refractivity contribution in [1.82, 2.24) is 5.32 Å². The number of thioether (sulfide) groups is 1. The molecule has 1 saturated carbocycles. The van der Waals surface area contributed by atoms with Gasteiger partial charge < -0.3 is 5.11 Å². The van der Waals surface area contributed by atoms with Gasteiger partial charge in [-0.05, 0) is 19.1 Å². The second kappa shape index (κ2) is 5.89. The minimum absolute atomic E-state index is 0.184. The standard InChI is InChI=1S/C9H15N3OS/c1-14-9(11-6-10)12-8-4-2-3-7(8)5-13/h7-8,13H,2-5H2,1H3,(H,11,12). The summed E-state index contributed by atoms with van der Waals surface area (Å²) in [4.78, 5) is 4.42. The van der Waals surface area contributed by atoms with Gasteiger partial charge in [0, 0.05) is 12.5 Å². The number of amidine groups is 1. The zero-order chi connectivity index (χ0) is 10.4. The van der Waals surface area contributed by atoms with Gasteiger partial charge >= 0.3 is 0 Å². The zero-order valence-corrected chi connectivity index (χ0v) is 9.05. The molecule has 0 aromatic carbocycles. The molecule has 0 aromatic rings. The Morgan fingerprint density at radius 2 is 2.50 bits per heavy atom. The van der Waals surface area contributed by atoms with Crippen LogP contribution in [0.3, 0.4) is 0 Å². The van der Waals surface area contributed by atoms with Gasteiger partial charge in [-0.15, -0.1) is 0 Å². The summed E-state index contributed by atoms with van der Waals surface area (Å²) in [5.41, 5.74) is 0. The smallest absolute Gasteiger partial charge is 0.183 e. The van der Waals surface area contributed by atoms with E-state index in [0.29, 0.717) is 5.17 Å². The molecule has 0 saturated heterocycles. The van der Waals surface area contributed by atoms with Crippen LogP contribution < -0.4 is 5.32 Å². The number of rotatable bonds is 2.